The fourth-order valence-corrected chi connectivity index (χ4v) is 2.19. The Balaban J connectivity index is 2.08. The van der Waals surface area contributed by atoms with Gasteiger partial charge in [-0.3, -0.25) is 0 Å². The molecule has 2 heterocycles. The minimum atomic E-state index is 0.243. The lowest BCUT2D eigenvalue weighted by molar-refractivity contribution is -0.111. The highest BCUT2D eigenvalue weighted by Gasteiger charge is 2.19. The van der Waals surface area contributed by atoms with E-state index >= 15 is 0 Å². The lowest BCUT2D eigenvalue weighted by Gasteiger charge is -2.30. The van der Waals surface area contributed by atoms with Gasteiger partial charge in [0.25, 0.3) is 0 Å². The van der Waals surface area contributed by atoms with E-state index in [-0.39, 0.29) is 5.92 Å². The predicted octanol–water partition coefficient (Wildman–Crippen LogP) is 2.57. The lowest BCUT2D eigenvalue weighted by Crippen LogP contribution is -2.34. The van der Waals surface area contributed by atoms with E-state index in [4.69, 9.17) is 0 Å². The average Bonchev–Trinajstić information content (AvgIpc) is 2.33. The van der Waals surface area contributed by atoms with Gasteiger partial charge in [0, 0.05) is 23.5 Å². The van der Waals surface area contributed by atoms with Crippen molar-refractivity contribution in [2.24, 2.45) is 5.92 Å². The maximum atomic E-state index is 10.7. The Morgan fingerprint density at radius 3 is 2.69 bits per heavy atom. The van der Waals surface area contributed by atoms with Gasteiger partial charge >= 0.3 is 0 Å². The maximum Gasteiger partial charge on any atom is 0.128 e. The van der Waals surface area contributed by atoms with Crippen molar-refractivity contribution in [3.63, 3.8) is 0 Å². The summed E-state index contributed by atoms with van der Waals surface area (Å²) >= 11 is 3.45. The van der Waals surface area contributed by atoms with E-state index in [9.17, 15) is 4.79 Å². The highest BCUT2D eigenvalue weighted by molar-refractivity contribution is 9.10. The smallest absolute Gasteiger partial charge is 0.128 e. The zero-order valence-corrected chi connectivity index (χ0v) is 10.9. The third kappa shape index (κ3) is 2.43. The van der Waals surface area contributed by atoms with Crippen molar-refractivity contribution in [3.8, 4) is 0 Å². The van der Waals surface area contributed by atoms with Gasteiger partial charge < -0.3 is 9.69 Å². The standard InChI is InChI=1S/C12H15BrN2O/c1-9-11(13)2-3-12(14-9)15-6-4-10(8-16)5-7-15/h2-3,8,10H,4-7H2,1H3. The SMILES string of the molecule is Cc1nc(N2CCC(C=O)CC2)ccc1Br. The van der Waals surface area contributed by atoms with E-state index < -0.39 is 0 Å². The van der Waals surface area contributed by atoms with Crippen LogP contribution in [0.15, 0.2) is 16.6 Å². The van der Waals surface area contributed by atoms with Crippen molar-refractivity contribution < 1.29 is 4.79 Å². The molecule has 0 amide bonds. The van der Waals surface area contributed by atoms with Gasteiger partial charge in [-0.05, 0) is 47.8 Å². The molecular formula is C12H15BrN2O. The molecule has 1 aliphatic heterocycles. The van der Waals surface area contributed by atoms with Crippen LogP contribution in [-0.4, -0.2) is 24.4 Å². The largest absolute Gasteiger partial charge is 0.357 e. The normalized spacial score (nSPS) is 17.5. The summed E-state index contributed by atoms with van der Waals surface area (Å²) in [5.41, 5.74) is 1.01. The molecule has 0 N–H and O–H groups in total. The summed E-state index contributed by atoms with van der Waals surface area (Å²) in [6.45, 7) is 3.85. The molecule has 0 aromatic carbocycles. The summed E-state index contributed by atoms with van der Waals surface area (Å²) in [5, 5.41) is 0. The zero-order valence-electron chi connectivity index (χ0n) is 9.32. The van der Waals surface area contributed by atoms with Crippen LogP contribution in [0.1, 0.15) is 18.5 Å². The Hall–Kier alpha value is -0.900. The molecule has 1 aromatic rings. The molecule has 0 radical (unpaired) electrons. The van der Waals surface area contributed by atoms with E-state index in [0.717, 1.165) is 48.2 Å². The molecule has 1 saturated heterocycles. The first kappa shape index (κ1) is 11.6. The van der Waals surface area contributed by atoms with Gasteiger partial charge in [-0.25, -0.2) is 4.98 Å². The molecular weight excluding hydrogens is 268 g/mol. The van der Waals surface area contributed by atoms with Crippen LogP contribution in [0, 0.1) is 12.8 Å². The van der Waals surface area contributed by atoms with Crippen molar-refractivity contribution in [1.29, 1.82) is 0 Å². The quantitative estimate of drug-likeness (QED) is 0.782. The van der Waals surface area contributed by atoms with Crippen LogP contribution in [0.2, 0.25) is 0 Å². The molecule has 1 aromatic heterocycles. The number of pyridine rings is 1. The van der Waals surface area contributed by atoms with Crippen LogP contribution < -0.4 is 4.90 Å². The third-order valence-electron chi connectivity index (χ3n) is 3.06. The fourth-order valence-electron chi connectivity index (χ4n) is 1.97. The highest BCUT2D eigenvalue weighted by atomic mass is 79.9. The Kier molecular flexibility index (Phi) is 3.59. The number of aryl methyl sites for hydroxylation is 1. The number of nitrogens with zero attached hydrogens (tertiary/aromatic N) is 2. The van der Waals surface area contributed by atoms with Crippen molar-refractivity contribution in [1.82, 2.24) is 4.98 Å². The van der Waals surface area contributed by atoms with Gasteiger partial charge in [-0.15, -0.1) is 0 Å². The number of piperidine rings is 1. The minimum Gasteiger partial charge on any atom is -0.357 e. The monoisotopic (exact) mass is 282 g/mol. The van der Waals surface area contributed by atoms with Crippen LogP contribution in [0.5, 0.6) is 0 Å². The second-order valence-corrected chi connectivity index (χ2v) is 5.05. The number of aromatic nitrogens is 1. The number of carbonyl (C=O) groups is 1. The van der Waals surface area contributed by atoms with Gasteiger partial charge in [-0.1, -0.05) is 0 Å². The number of carbonyl (C=O) groups excluding carboxylic acids is 1. The molecule has 0 unspecified atom stereocenters. The summed E-state index contributed by atoms with van der Waals surface area (Å²) < 4.78 is 1.04. The molecule has 86 valence electrons. The van der Waals surface area contributed by atoms with Crippen LogP contribution in [0.4, 0.5) is 5.82 Å². The summed E-state index contributed by atoms with van der Waals surface area (Å²) in [5.74, 6) is 1.26. The molecule has 0 saturated carbocycles. The molecule has 0 spiro atoms. The maximum absolute atomic E-state index is 10.7. The van der Waals surface area contributed by atoms with Gasteiger partial charge in [0.05, 0.1) is 5.69 Å². The molecule has 1 fully saturated rings. The Morgan fingerprint density at radius 1 is 1.44 bits per heavy atom. The number of aldehydes is 1. The van der Waals surface area contributed by atoms with Crippen LogP contribution in [0.25, 0.3) is 0 Å². The van der Waals surface area contributed by atoms with E-state index in [1.807, 2.05) is 19.1 Å². The van der Waals surface area contributed by atoms with Crippen molar-refractivity contribution >= 4 is 28.0 Å². The van der Waals surface area contributed by atoms with Crippen molar-refractivity contribution in [3.05, 3.63) is 22.3 Å². The Labute approximate surface area is 104 Å². The lowest BCUT2D eigenvalue weighted by atomic mass is 9.99. The van der Waals surface area contributed by atoms with E-state index in [1.165, 1.54) is 0 Å². The molecule has 0 bridgehead atoms. The number of rotatable bonds is 2. The predicted molar refractivity (Wildman–Crippen MR) is 67.7 cm³/mol. The van der Waals surface area contributed by atoms with E-state index in [2.05, 4.69) is 25.8 Å². The topological polar surface area (TPSA) is 33.2 Å². The molecule has 0 aliphatic carbocycles. The molecule has 0 atom stereocenters. The van der Waals surface area contributed by atoms with E-state index in [1.54, 1.807) is 0 Å². The first-order chi connectivity index (χ1) is 7.70. The van der Waals surface area contributed by atoms with Crippen LogP contribution in [-0.2, 0) is 4.79 Å². The molecule has 2 rings (SSSR count). The van der Waals surface area contributed by atoms with Gasteiger partial charge in [0.15, 0.2) is 0 Å². The fraction of sp³-hybridized carbons (Fsp3) is 0.500. The Bertz CT molecular complexity index is 387. The minimum absolute atomic E-state index is 0.243. The van der Waals surface area contributed by atoms with E-state index in [0.29, 0.717) is 0 Å². The summed E-state index contributed by atoms with van der Waals surface area (Å²) in [6, 6.07) is 4.06. The van der Waals surface area contributed by atoms with Gasteiger partial charge in [0.1, 0.15) is 12.1 Å². The highest BCUT2D eigenvalue weighted by Crippen LogP contribution is 2.23. The molecule has 16 heavy (non-hydrogen) atoms. The summed E-state index contributed by atoms with van der Waals surface area (Å²) in [4.78, 5) is 17.4. The summed E-state index contributed by atoms with van der Waals surface area (Å²) in [7, 11) is 0. The van der Waals surface area contributed by atoms with Crippen molar-refractivity contribution in [2.75, 3.05) is 18.0 Å². The number of hydrogen-bond acceptors (Lipinski definition) is 3. The molecule has 4 heteroatoms. The first-order valence-electron chi connectivity index (χ1n) is 5.54. The van der Waals surface area contributed by atoms with Crippen LogP contribution >= 0.6 is 15.9 Å². The number of halogens is 1. The zero-order chi connectivity index (χ0) is 11.5. The second-order valence-electron chi connectivity index (χ2n) is 4.20. The van der Waals surface area contributed by atoms with Gasteiger partial charge in [0.2, 0.25) is 0 Å². The summed E-state index contributed by atoms with van der Waals surface area (Å²) in [6.07, 6.45) is 2.97. The average molecular weight is 283 g/mol. The number of anilines is 1. The number of hydrogen-bond donors (Lipinski definition) is 0. The Morgan fingerprint density at radius 2 is 2.12 bits per heavy atom. The van der Waals surface area contributed by atoms with Gasteiger partial charge in [-0.2, -0.15) is 0 Å². The molecule has 3 nitrogen and oxygen atoms in total. The first-order valence-corrected chi connectivity index (χ1v) is 6.33. The second kappa shape index (κ2) is 4.95. The third-order valence-corrected chi connectivity index (χ3v) is 3.90. The van der Waals surface area contributed by atoms with Crippen LogP contribution in [0.3, 0.4) is 0 Å². The molecule has 1 aliphatic rings. The van der Waals surface area contributed by atoms with Crippen molar-refractivity contribution in [2.45, 2.75) is 19.8 Å².